The standard InChI is InChI=1S/C19H22O4S/c20-19(17-4-2-1-3-5-17)9-11-24(21,22)14-15-6-7-16-8-10-23-13-18(16)12-15/h1-7,12,19-20H,8-11,13-14H2/t19-/m1/s1. The first kappa shape index (κ1) is 17.1. The van der Waals surface area contributed by atoms with Crippen LogP contribution in [-0.2, 0) is 33.4 Å². The van der Waals surface area contributed by atoms with E-state index in [-0.39, 0.29) is 17.9 Å². The normalized spacial score (nSPS) is 15.7. The van der Waals surface area contributed by atoms with E-state index in [9.17, 15) is 13.5 Å². The molecular formula is C19H22O4S. The van der Waals surface area contributed by atoms with Gasteiger partial charge in [-0.05, 0) is 35.1 Å². The average molecular weight is 346 g/mol. The van der Waals surface area contributed by atoms with Crippen molar-refractivity contribution in [2.75, 3.05) is 12.4 Å². The minimum absolute atomic E-state index is 0.00178. The van der Waals surface area contributed by atoms with Crippen LogP contribution in [0.1, 0.15) is 34.8 Å². The van der Waals surface area contributed by atoms with Crippen LogP contribution in [0.25, 0.3) is 0 Å². The van der Waals surface area contributed by atoms with E-state index in [0.717, 1.165) is 29.7 Å². The number of fused-ring (bicyclic) bond motifs is 1. The van der Waals surface area contributed by atoms with Crippen molar-refractivity contribution >= 4 is 9.84 Å². The van der Waals surface area contributed by atoms with Gasteiger partial charge in [-0.15, -0.1) is 0 Å². The highest BCUT2D eigenvalue weighted by atomic mass is 32.2. The second-order valence-electron chi connectivity index (χ2n) is 6.21. The molecule has 0 aromatic heterocycles. The van der Waals surface area contributed by atoms with Crippen LogP contribution in [0, 0.1) is 0 Å². The number of hydrogen-bond donors (Lipinski definition) is 1. The lowest BCUT2D eigenvalue weighted by Crippen LogP contribution is -2.14. The molecule has 1 aliphatic rings. The number of benzene rings is 2. The minimum Gasteiger partial charge on any atom is -0.388 e. The zero-order valence-electron chi connectivity index (χ0n) is 13.5. The molecule has 0 spiro atoms. The fraction of sp³-hybridized carbons (Fsp3) is 0.368. The maximum Gasteiger partial charge on any atom is 0.154 e. The summed E-state index contributed by atoms with van der Waals surface area (Å²) in [6.45, 7) is 1.28. The third-order valence-electron chi connectivity index (χ3n) is 4.32. The Morgan fingerprint density at radius 1 is 1.08 bits per heavy atom. The zero-order chi connectivity index (χ0) is 17.0. The molecule has 0 fully saturated rings. The third-order valence-corrected chi connectivity index (χ3v) is 5.95. The van der Waals surface area contributed by atoms with E-state index in [1.54, 1.807) is 12.1 Å². The quantitative estimate of drug-likeness (QED) is 0.874. The van der Waals surface area contributed by atoms with E-state index in [2.05, 4.69) is 0 Å². The number of sulfone groups is 1. The molecule has 0 amide bonds. The monoisotopic (exact) mass is 346 g/mol. The number of ether oxygens (including phenoxy) is 1. The zero-order valence-corrected chi connectivity index (χ0v) is 14.3. The van der Waals surface area contributed by atoms with Gasteiger partial charge in [-0.1, -0.05) is 48.5 Å². The first-order chi connectivity index (χ1) is 11.5. The minimum atomic E-state index is -3.27. The van der Waals surface area contributed by atoms with E-state index in [1.807, 2.05) is 36.4 Å². The largest absolute Gasteiger partial charge is 0.388 e. The van der Waals surface area contributed by atoms with Crippen molar-refractivity contribution in [3.8, 4) is 0 Å². The van der Waals surface area contributed by atoms with Gasteiger partial charge in [0, 0.05) is 0 Å². The van der Waals surface area contributed by atoms with Crippen molar-refractivity contribution in [2.45, 2.75) is 31.3 Å². The molecule has 4 nitrogen and oxygen atoms in total. The highest BCUT2D eigenvalue weighted by Gasteiger charge is 2.17. The third kappa shape index (κ3) is 4.44. The van der Waals surface area contributed by atoms with Gasteiger partial charge in [0.25, 0.3) is 0 Å². The topological polar surface area (TPSA) is 63.6 Å². The Hall–Kier alpha value is -1.69. The maximum atomic E-state index is 12.4. The number of aliphatic hydroxyl groups excluding tert-OH is 1. The van der Waals surface area contributed by atoms with E-state index < -0.39 is 15.9 Å². The van der Waals surface area contributed by atoms with Crippen LogP contribution in [0.15, 0.2) is 48.5 Å². The Morgan fingerprint density at radius 2 is 1.88 bits per heavy atom. The lowest BCUT2D eigenvalue weighted by atomic mass is 10.0. The van der Waals surface area contributed by atoms with Gasteiger partial charge in [-0.25, -0.2) is 8.42 Å². The van der Waals surface area contributed by atoms with E-state index in [1.165, 1.54) is 5.56 Å². The molecule has 0 unspecified atom stereocenters. The molecule has 0 saturated heterocycles. The van der Waals surface area contributed by atoms with Crippen molar-refractivity contribution in [2.24, 2.45) is 0 Å². The van der Waals surface area contributed by atoms with Crippen LogP contribution >= 0.6 is 0 Å². The number of rotatable bonds is 6. The summed E-state index contributed by atoms with van der Waals surface area (Å²) >= 11 is 0. The lowest BCUT2D eigenvalue weighted by molar-refractivity contribution is 0.110. The summed E-state index contributed by atoms with van der Waals surface area (Å²) in [6.07, 6.45) is 0.337. The van der Waals surface area contributed by atoms with Crippen LogP contribution in [0.4, 0.5) is 0 Å². The molecule has 0 radical (unpaired) electrons. The molecule has 0 saturated carbocycles. The maximum absolute atomic E-state index is 12.4. The molecule has 1 heterocycles. The second kappa shape index (κ2) is 7.47. The predicted molar refractivity (Wildman–Crippen MR) is 93.3 cm³/mol. The van der Waals surface area contributed by atoms with Crippen LogP contribution in [0.5, 0.6) is 0 Å². The van der Waals surface area contributed by atoms with Gasteiger partial charge in [0.1, 0.15) is 0 Å². The molecule has 3 rings (SSSR count). The Labute approximate surface area is 143 Å². The molecule has 0 aliphatic carbocycles. The van der Waals surface area contributed by atoms with E-state index in [0.29, 0.717) is 6.61 Å². The predicted octanol–water partition coefficient (Wildman–Crippen LogP) is 2.80. The van der Waals surface area contributed by atoms with Crippen molar-refractivity contribution < 1.29 is 18.3 Å². The van der Waals surface area contributed by atoms with Gasteiger partial charge in [-0.2, -0.15) is 0 Å². The Bertz CT molecular complexity index is 784. The van der Waals surface area contributed by atoms with Crippen molar-refractivity contribution in [1.82, 2.24) is 0 Å². The smallest absolute Gasteiger partial charge is 0.154 e. The Kier molecular flexibility index (Phi) is 5.33. The van der Waals surface area contributed by atoms with Crippen LogP contribution < -0.4 is 0 Å². The van der Waals surface area contributed by atoms with Crippen molar-refractivity contribution in [3.63, 3.8) is 0 Å². The molecule has 1 N–H and O–H groups in total. The highest BCUT2D eigenvalue weighted by molar-refractivity contribution is 7.90. The molecule has 5 heteroatoms. The summed E-state index contributed by atoms with van der Waals surface area (Å²) in [5.41, 5.74) is 3.85. The van der Waals surface area contributed by atoms with Crippen LogP contribution in [0.3, 0.4) is 0 Å². The average Bonchev–Trinajstić information content (AvgIpc) is 2.60. The summed E-state index contributed by atoms with van der Waals surface area (Å²) in [6, 6.07) is 15.0. The molecule has 2 aromatic carbocycles. The fourth-order valence-corrected chi connectivity index (χ4v) is 4.38. The van der Waals surface area contributed by atoms with Gasteiger partial charge < -0.3 is 9.84 Å². The van der Waals surface area contributed by atoms with Gasteiger partial charge in [0.15, 0.2) is 9.84 Å². The van der Waals surface area contributed by atoms with Gasteiger partial charge in [0.2, 0.25) is 0 Å². The molecular weight excluding hydrogens is 324 g/mol. The van der Waals surface area contributed by atoms with Gasteiger partial charge in [0.05, 0.1) is 30.8 Å². The molecule has 128 valence electrons. The Morgan fingerprint density at radius 3 is 2.67 bits per heavy atom. The first-order valence-corrected chi connectivity index (χ1v) is 9.97. The van der Waals surface area contributed by atoms with Crippen molar-refractivity contribution in [1.29, 1.82) is 0 Å². The van der Waals surface area contributed by atoms with Crippen molar-refractivity contribution in [3.05, 3.63) is 70.8 Å². The first-order valence-electron chi connectivity index (χ1n) is 8.15. The molecule has 0 bridgehead atoms. The molecule has 24 heavy (non-hydrogen) atoms. The highest BCUT2D eigenvalue weighted by Crippen LogP contribution is 2.21. The number of hydrogen-bond acceptors (Lipinski definition) is 4. The Balaban J connectivity index is 1.62. The van der Waals surface area contributed by atoms with Gasteiger partial charge in [-0.3, -0.25) is 0 Å². The van der Waals surface area contributed by atoms with E-state index in [4.69, 9.17) is 4.74 Å². The number of aliphatic hydroxyl groups is 1. The SMILES string of the molecule is O=S(=O)(CC[C@@H](O)c1ccccc1)Cc1ccc2c(c1)COCC2. The summed E-state index contributed by atoms with van der Waals surface area (Å²) in [5.74, 6) is -0.0293. The summed E-state index contributed by atoms with van der Waals surface area (Å²) in [7, 11) is -3.27. The van der Waals surface area contributed by atoms with Crippen LogP contribution in [-0.4, -0.2) is 25.9 Å². The van der Waals surface area contributed by atoms with Gasteiger partial charge >= 0.3 is 0 Å². The molecule has 2 aromatic rings. The van der Waals surface area contributed by atoms with E-state index >= 15 is 0 Å². The fourth-order valence-electron chi connectivity index (χ4n) is 2.97. The summed E-state index contributed by atoms with van der Waals surface area (Å²) in [4.78, 5) is 0. The summed E-state index contributed by atoms with van der Waals surface area (Å²) in [5, 5.41) is 10.1. The van der Waals surface area contributed by atoms with Crippen LogP contribution in [0.2, 0.25) is 0 Å². The molecule has 1 atom stereocenters. The lowest BCUT2D eigenvalue weighted by Gasteiger charge is -2.17. The molecule has 1 aliphatic heterocycles. The second-order valence-corrected chi connectivity index (χ2v) is 8.40. The summed E-state index contributed by atoms with van der Waals surface area (Å²) < 4.78 is 30.1.